The van der Waals surface area contributed by atoms with Gasteiger partial charge in [0.2, 0.25) is 11.8 Å². The van der Waals surface area contributed by atoms with E-state index in [9.17, 15) is 14.0 Å². The van der Waals surface area contributed by atoms with Crippen LogP contribution in [0.15, 0.2) is 42.5 Å². The second-order valence-electron chi connectivity index (χ2n) is 8.10. The van der Waals surface area contributed by atoms with E-state index in [0.29, 0.717) is 11.3 Å². The number of hydrogen-bond donors (Lipinski definition) is 1. The molecule has 1 N–H and O–H groups in total. The molecule has 2 rings (SSSR count). The smallest absolute Gasteiger partial charge is 0.242 e. The Morgan fingerprint density at radius 1 is 1.10 bits per heavy atom. The largest absolute Gasteiger partial charge is 0.352 e. The van der Waals surface area contributed by atoms with Crippen LogP contribution in [0.25, 0.3) is 0 Å². The molecule has 0 unspecified atom stereocenters. The van der Waals surface area contributed by atoms with Crippen LogP contribution in [0, 0.1) is 19.7 Å². The molecule has 2 atom stereocenters. The zero-order chi connectivity index (χ0) is 23.0. The van der Waals surface area contributed by atoms with Crippen molar-refractivity contribution in [2.75, 3.05) is 5.75 Å². The van der Waals surface area contributed by atoms with E-state index in [-0.39, 0.29) is 36.0 Å². The summed E-state index contributed by atoms with van der Waals surface area (Å²) in [5.74, 6) is 0.151. The van der Waals surface area contributed by atoms with Crippen molar-refractivity contribution in [1.82, 2.24) is 10.2 Å². The molecule has 0 aliphatic rings. The van der Waals surface area contributed by atoms with Crippen LogP contribution in [0.1, 0.15) is 49.4 Å². The second-order valence-corrected chi connectivity index (χ2v) is 9.08. The lowest BCUT2D eigenvalue weighted by molar-refractivity contribution is -0.139. The van der Waals surface area contributed by atoms with Crippen LogP contribution in [-0.2, 0) is 21.9 Å². The Kier molecular flexibility index (Phi) is 9.56. The van der Waals surface area contributed by atoms with E-state index in [2.05, 4.69) is 37.4 Å². The van der Waals surface area contributed by atoms with Crippen LogP contribution < -0.4 is 5.32 Å². The minimum atomic E-state index is -0.692. The highest BCUT2D eigenvalue weighted by molar-refractivity contribution is 7.99. The van der Waals surface area contributed by atoms with E-state index in [1.165, 1.54) is 39.4 Å². The van der Waals surface area contributed by atoms with Gasteiger partial charge in [0.15, 0.2) is 0 Å². The lowest BCUT2D eigenvalue weighted by Crippen LogP contribution is -2.50. The molecule has 0 heterocycles. The van der Waals surface area contributed by atoms with Crippen molar-refractivity contribution in [3.63, 3.8) is 0 Å². The first-order valence-corrected chi connectivity index (χ1v) is 11.8. The van der Waals surface area contributed by atoms with Gasteiger partial charge in [-0.05, 0) is 45.7 Å². The van der Waals surface area contributed by atoms with Gasteiger partial charge in [0, 0.05) is 23.9 Å². The minimum absolute atomic E-state index is 0.0132. The number of hydrogen-bond acceptors (Lipinski definition) is 3. The van der Waals surface area contributed by atoms with Crippen LogP contribution in [0.3, 0.4) is 0 Å². The van der Waals surface area contributed by atoms with Gasteiger partial charge in [0.1, 0.15) is 11.9 Å². The summed E-state index contributed by atoms with van der Waals surface area (Å²) in [6.07, 6.45) is 0.797. The van der Waals surface area contributed by atoms with E-state index in [1.54, 1.807) is 25.1 Å². The van der Waals surface area contributed by atoms with E-state index in [1.807, 2.05) is 13.8 Å². The third kappa shape index (κ3) is 7.69. The fourth-order valence-electron chi connectivity index (χ4n) is 3.35. The maximum absolute atomic E-state index is 14.2. The van der Waals surface area contributed by atoms with Gasteiger partial charge in [-0.3, -0.25) is 9.59 Å². The number of nitrogens with one attached hydrogen (secondary N) is 1. The van der Waals surface area contributed by atoms with Crippen molar-refractivity contribution < 1.29 is 14.0 Å². The molecule has 168 valence electrons. The van der Waals surface area contributed by atoms with Crippen LogP contribution in [0.5, 0.6) is 0 Å². The Hall–Kier alpha value is -2.34. The van der Waals surface area contributed by atoms with Crippen molar-refractivity contribution in [1.29, 1.82) is 0 Å². The Balaban J connectivity index is 2.11. The molecular weight excluding hydrogens is 411 g/mol. The second kappa shape index (κ2) is 11.9. The fraction of sp³-hybridized carbons (Fsp3) is 0.440. The summed E-state index contributed by atoms with van der Waals surface area (Å²) in [7, 11) is 0. The summed E-state index contributed by atoms with van der Waals surface area (Å²) in [4.78, 5) is 27.3. The molecule has 31 heavy (non-hydrogen) atoms. The number of nitrogens with zero attached hydrogens (tertiary/aromatic N) is 1. The van der Waals surface area contributed by atoms with E-state index in [4.69, 9.17) is 0 Å². The maximum Gasteiger partial charge on any atom is 0.242 e. The Morgan fingerprint density at radius 3 is 2.35 bits per heavy atom. The zero-order valence-electron chi connectivity index (χ0n) is 19.1. The summed E-state index contributed by atoms with van der Waals surface area (Å²) in [5, 5.41) is 2.93. The molecule has 2 aromatic carbocycles. The molecule has 6 heteroatoms. The molecule has 0 fully saturated rings. The van der Waals surface area contributed by atoms with Crippen LogP contribution in [0.2, 0.25) is 0 Å². The van der Waals surface area contributed by atoms with Crippen molar-refractivity contribution in [2.45, 2.75) is 65.4 Å². The van der Waals surface area contributed by atoms with Gasteiger partial charge in [0.25, 0.3) is 0 Å². The lowest BCUT2D eigenvalue weighted by Gasteiger charge is -2.29. The first kappa shape index (κ1) is 24.9. The zero-order valence-corrected chi connectivity index (χ0v) is 19.9. The number of aryl methyl sites for hydroxylation is 2. The van der Waals surface area contributed by atoms with Crippen molar-refractivity contribution in [2.24, 2.45) is 0 Å². The van der Waals surface area contributed by atoms with Crippen molar-refractivity contribution >= 4 is 23.6 Å². The molecule has 0 bridgehead atoms. The molecule has 0 radical (unpaired) electrons. The topological polar surface area (TPSA) is 49.4 Å². The van der Waals surface area contributed by atoms with Gasteiger partial charge >= 0.3 is 0 Å². The summed E-state index contributed by atoms with van der Waals surface area (Å²) >= 11 is 1.51. The number of halogens is 1. The molecule has 2 amide bonds. The molecule has 0 saturated heterocycles. The Morgan fingerprint density at radius 2 is 1.74 bits per heavy atom. The molecule has 0 aliphatic heterocycles. The van der Waals surface area contributed by atoms with E-state index in [0.717, 1.165) is 6.42 Å². The predicted octanol–water partition coefficient (Wildman–Crippen LogP) is 5.01. The number of carbonyl (C=O) groups is 2. The lowest BCUT2D eigenvalue weighted by atomic mass is 10.1. The predicted molar refractivity (Wildman–Crippen MR) is 126 cm³/mol. The highest BCUT2D eigenvalue weighted by atomic mass is 32.2. The van der Waals surface area contributed by atoms with Crippen molar-refractivity contribution in [3.05, 3.63) is 70.5 Å². The van der Waals surface area contributed by atoms with Crippen molar-refractivity contribution in [3.8, 4) is 0 Å². The molecule has 0 saturated carbocycles. The van der Waals surface area contributed by atoms with Gasteiger partial charge in [-0.25, -0.2) is 4.39 Å². The Labute approximate surface area is 189 Å². The molecular formula is C25H33FN2O2S. The summed E-state index contributed by atoms with van der Waals surface area (Å²) in [6.45, 7) is 9.78. The van der Waals surface area contributed by atoms with Crippen LogP contribution in [0.4, 0.5) is 4.39 Å². The average Bonchev–Trinajstić information content (AvgIpc) is 2.71. The molecule has 0 aromatic heterocycles. The average molecular weight is 445 g/mol. The quantitative estimate of drug-likeness (QED) is 0.561. The van der Waals surface area contributed by atoms with Crippen LogP contribution in [-0.4, -0.2) is 34.6 Å². The van der Waals surface area contributed by atoms with Gasteiger partial charge in [-0.2, -0.15) is 0 Å². The Bertz CT molecular complexity index is 883. The standard InChI is InChI=1S/C25H33FN2O2S/c1-6-19(4)27-25(30)20(5)28(14-22-9-7-8-10-23(22)26)24(29)16-31-15-21-12-17(2)11-18(3)13-21/h7-13,19-20H,6,14-16H2,1-5H3,(H,27,30)/t19-,20+/m0/s1. The molecule has 0 aliphatic carbocycles. The van der Waals surface area contributed by atoms with E-state index >= 15 is 0 Å². The number of carbonyl (C=O) groups excluding carboxylic acids is 2. The summed E-state index contributed by atoms with van der Waals surface area (Å²) < 4.78 is 14.2. The number of thioether (sulfide) groups is 1. The third-order valence-corrected chi connectivity index (χ3v) is 6.23. The van der Waals surface area contributed by atoms with Gasteiger partial charge < -0.3 is 10.2 Å². The SMILES string of the molecule is CC[C@H](C)NC(=O)[C@@H](C)N(Cc1ccccc1F)C(=O)CSCc1cc(C)cc(C)c1. The van der Waals surface area contributed by atoms with Gasteiger partial charge in [-0.1, -0.05) is 54.4 Å². The normalized spacial score (nSPS) is 12.8. The minimum Gasteiger partial charge on any atom is -0.352 e. The monoisotopic (exact) mass is 444 g/mol. The van der Waals surface area contributed by atoms with Gasteiger partial charge in [-0.15, -0.1) is 11.8 Å². The van der Waals surface area contributed by atoms with Crippen LogP contribution >= 0.6 is 11.8 Å². The number of rotatable bonds is 10. The third-order valence-electron chi connectivity index (χ3n) is 5.24. The molecule has 2 aromatic rings. The maximum atomic E-state index is 14.2. The number of benzene rings is 2. The van der Waals surface area contributed by atoms with E-state index < -0.39 is 6.04 Å². The summed E-state index contributed by atoms with van der Waals surface area (Å²) in [5.41, 5.74) is 3.95. The first-order valence-electron chi connectivity index (χ1n) is 10.7. The molecule has 4 nitrogen and oxygen atoms in total. The highest BCUT2D eigenvalue weighted by Crippen LogP contribution is 2.19. The molecule has 0 spiro atoms. The first-order chi connectivity index (χ1) is 14.7. The summed E-state index contributed by atoms with van der Waals surface area (Å²) in [6, 6.07) is 12.0. The fourth-order valence-corrected chi connectivity index (χ4v) is 4.19. The number of amides is 2. The highest BCUT2D eigenvalue weighted by Gasteiger charge is 2.27. The van der Waals surface area contributed by atoms with Gasteiger partial charge in [0.05, 0.1) is 5.75 Å².